The van der Waals surface area contributed by atoms with Crippen LogP contribution in [0.2, 0.25) is 5.02 Å². The third-order valence-electron chi connectivity index (χ3n) is 3.08. The molecule has 7 nitrogen and oxygen atoms in total. The predicted octanol–water partition coefficient (Wildman–Crippen LogP) is 1.19. The van der Waals surface area contributed by atoms with Crippen LogP contribution in [0.1, 0.15) is 16.8 Å². The van der Waals surface area contributed by atoms with Crippen molar-refractivity contribution < 1.29 is 23.1 Å². The summed E-state index contributed by atoms with van der Waals surface area (Å²) in [5.74, 6) is -1.79. The van der Waals surface area contributed by atoms with Gasteiger partial charge in [-0.05, 0) is 28.1 Å². The van der Waals surface area contributed by atoms with E-state index in [4.69, 9.17) is 16.7 Å². The van der Waals surface area contributed by atoms with Crippen LogP contribution < -0.4 is 10.0 Å². The second-order valence-electron chi connectivity index (χ2n) is 4.51. The smallest absolute Gasteiger partial charge is 0.337 e. The van der Waals surface area contributed by atoms with E-state index < -0.39 is 27.1 Å². The van der Waals surface area contributed by atoms with E-state index in [2.05, 4.69) is 15.9 Å². The summed E-state index contributed by atoms with van der Waals surface area (Å²) in [6.07, 6.45) is -0.285. The van der Waals surface area contributed by atoms with Crippen molar-refractivity contribution in [1.29, 1.82) is 0 Å². The Morgan fingerprint density at radius 1 is 1.48 bits per heavy atom. The van der Waals surface area contributed by atoms with Crippen LogP contribution in [0.5, 0.6) is 0 Å². The molecule has 1 unspecified atom stereocenters. The van der Waals surface area contributed by atoms with Gasteiger partial charge in [0, 0.05) is 22.5 Å². The molecule has 1 amide bonds. The number of anilines is 1. The van der Waals surface area contributed by atoms with Crippen LogP contribution in [0.4, 0.5) is 5.69 Å². The zero-order chi connectivity index (χ0) is 15.9. The Morgan fingerprint density at radius 2 is 2.10 bits per heavy atom. The molecule has 114 valence electrons. The number of benzene rings is 1. The molecule has 3 N–H and O–H groups in total. The van der Waals surface area contributed by atoms with Gasteiger partial charge in [0.15, 0.2) is 0 Å². The van der Waals surface area contributed by atoms with Crippen LogP contribution in [-0.4, -0.2) is 37.2 Å². The summed E-state index contributed by atoms with van der Waals surface area (Å²) < 4.78 is 23.0. The molecule has 21 heavy (non-hydrogen) atoms. The highest BCUT2D eigenvalue weighted by Gasteiger charge is 2.39. The van der Waals surface area contributed by atoms with Crippen molar-refractivity contribution in [2.75, 3.05) is 11.4 Å². The fourth-order valence-electron chi connectivity index (χ4n) is 2.11. The Morgan fingerprint density at radius 3 is 2.57 bits per heavy atom. The van der Waals surface area contributed by atoms with E-state index in [1.807, 2.05) is 0 Å². The minimum atomic E-state index is -3.88. The predicted molar refractivity (Wildman–Crippen MR) is 80.0 cm³/mol. The first-order chi connectivity index (χ1) is 9.61. The lowest BCUT2D eigenvalue weighted by atomic mass is 10.1. The number of sulfonamides is 1. The number of nitrogens with zero attached hydrogens (tertiary/aromatic N) is 1. The van der Waals surface area contributed by atoms with Crippen molar-refractivity contribution in [2.45, 2.75) is 11.7 Å². The number of hydrogen-bond donors (Lipinski definition) is 2. The lowest BCUT2D eigenvalue weighted by Gasteiger charge is -2.20. The molecule has 1 aliphatic rings. The molecule has 1 atom stereocenters. The molecular weight excluding hydrogens is 388 g/mol. The van der Waals surface area contributed by atoms with E-state index in [-0.39, 0.29) is 33.7 Å². The molecule has 1 aliphatic heterocycles. The van der Waals surface area contributed by atoms with Crippen molar-refractivity contribution in [3.63, 3.8) is 0 Å². The highest BCUT2D eigenvalue weighted by molar-refractivity contribution is 9.10. The highest BCUT2D eigenvalue weighted by Crippen LogP contribution is 2.36. The number of carbonyl (C=O) groups is 2. The van der Waals surface area contributed by atoms with Crippen LogP contribution >= 0.6 is 27.5 Å². The maximum absolute atomic E-state index is 12.0. The molecule has 1 heterocycles. The van der Waals surface area contributed by atoms with E-state index in [9.17, 15) is 23.1 Å². The monoisotopic (exact) mass is 396 g/mol. The topological polar surface area (TPSA) is 118 Å². The van der Waals surface area contributed by atoms with E-state index in [1.165, 1.54) is 12.1 Å². The number of halogens is 2. The van der Waals surface area contributed by atoms with Crippen molar-refractivity contribution >= 4 is 55.1 Å². The van der Waals surface area contributed by atoms with Gasteiger partial charge < -0.3 is 10.0 Å². The Balaban J connectivity index is 2.53. The first kappa shape index (κ1) is 16.2. The van der Waals surface area contributed by atoms with E-state index in [0.717, 1.165) is 4.90 Å². The maximum Gasteiger partial charge on any atom is 0.337 e. The van der Waals surface area contributed by atoms with Crippen LogP contribution in [0.3, 0.4) is 0 Å². The molecule has 1 fully saturated rings. The lowest BCUT2D eigenvalue weighted by molar-refractivity contribution is -0.117. The van der Waals surface area contributed by atoms with Gasteiger partial charge in [-0.2, -0.15) is 0 Å². The van der Waals surface area contributed by atoms with Gasteiger partial charge in [-0.1, -0.05) is 11.6 Å². The fraction of sp³-hybridized carbons (Fsp3) is 0.273. The van der Waals surface area contributed by atoms with Gasteiger partial charge in [-0.3, -0.25) is 4.79 Å². The number of nitrogens with two attached hydrogens (primary N) is 1. The summed E-state index contributed by atoms with van der Waals surface area (Å²) in [4.78, 5) is 24.4. The first-order valence-corrected chi connectivity index (χ1v) is 8.43. The molecule has 1 aromatic rings. The van der Waals surface area contributed by atoms with Crippen molar-refractivity contribution in [3.8, 4) is 0 Å². The summed E-state index contributed by atoms with van der Waals surface area (Å²) in [7, 11) is -3.88. The van der Waals surface area contributed by atoms with Crippen molar-refractivity contribution in [3.05, 3.63) is 27.2 Å². The lowest BCUT2D eigenvalue weighted by Crippen LogP contribution is -2.32. The minimum absolute atomic E-state index is 0.0723. The molecule has 0 aromatic heterocycles. The van der Waals surface area contributed by atoms with Crippen LogP contribution in [0.25, 0.3) is 0 Å². The number of aromatic carboxylic acids is 1. The van der Waals surface area contributed by atoms with Gasteiger partial charge in [0.2, 0.25) is 15.9 Å². The normalized spacial score (nSPS) is 19.1. The molecule has 0 saturated carbocycles. The average molecular weight is 398 g/mol. The van der Waals surface area contributed by atoms with Crippen molar-refractivity contribution in [2.24, 2.45) is 5.14 Å². The Hall–Kier alpha value is -1.16. The molecule has 0 radical (unpaired) electrons. The summed E-state index contributed by atoms with van der Waals surface area (Å²) in [6, 6.07) is 2.63. The number of rotatable bonds is 3. The summed E-state index contributed by atoms with van der Waals surface area (Å²) in [5, 5.41) is 13.4. The van der Waals surface area contributed by atoms with E-state index in [0.29, 0.717) is 0 Å². The van der Waals surface area contributed by atoms with Gasteiger partial charge in [-0.25, -0.2) is 18.4 Å². The third kappa shape index (κ3) is 3.20. The fourth-order valence-corrected chi connectivity index (χ4v) is 3.87. The Bertz CT molecular complexity index is 736. The molecule has 1 saturated heterocycles. The largest absolute Gasteiger partial charge is 0.478 e. The number of carbonyl (C=O) groups excluding carboxylic acids is 1. The van der Waals surface area contributed by atoms with Gasteiger partial charge in [0.1, 0.15) is 5.25 Å². The molecule has 0 aliphatic carbocycles. The third-order valence-corrected chi connectivity index (χ3v) is 5.15. The Kier molecular flexibility index (Phi) is 4.29. The van der Waals surface area contributed by atoms with E-state index in [1.54, 1.807) is 0 Å². The second-order valence-corrected chi connectivity index (χ2v) is 7.64. The zero-order valence-corrected chi connectivity index (χ0v) is 13.6. The number of hydrogen-bond acceptors (Lipinski definition) is 4. The van der Waals surface area contributed by atoms with Gasteiger partial charge in [-0.15, -0.1) is 0 Å². The van der Waals surface area contributed by atoms with Gasteiger partial charge in [0.25, 0.3) is 0 Å². The molecule has 1 aromatic carbocycles. The second kappa shape index (κ2) is 5.56. The average Bonchev–Trinajstić information content (AvgIpc) is 2.70. The number of carboxylic acid groups (broad SMARTS) is 1. The van der Waals surface area contributed by atoms with E-state index >= 15 is 0 Å². The number of primary sulfonamides is 1. The first-order valence-electron chi connectivity index (χ1n) is 5.65. The molecular formula is C11H10BrClN2O5S. The SMILES string of the molecule is NS(=O)(=O)C1CC(=O)N(c2c(Br)cc(Cl)cc2C(=O)O)C1. The molecule has 2 rings (SSSR count). The van der Waals surface area contributed by atoms with Gasteiger partial charge >= 0.3 is 5.97 Å². The quantitative estimate of drug-likeness (QED) is 0.794. The summed E-state index contributed by atoms with van der Waals surface area (Å²) in [5.41, 5.74) is -0.124. The van der Waals surface area contributed by atoms with Crippen molar-refractivity contribution in [1.82, 2.24) is 0 Å². The van der Waals surface area contributed by atoms with Crippen LogP contribution in [0, 0.1) is 0 Å². The molecule has 0 bridgehead atoms. The molecule has 10 heteroatoms. The maximum atomic E-state index is 12.0. The number of amides is 1. The minimum Gasteiger partial charge on any atom is -0.478 e. The van der Waals surface area contributed by atoms with Crippen LogP contribution in [0.15, 0.2) is 16.6 Å². The number of carboxylic acids is 1. The zero-order valence-electron chi connectivity index (χ0n) is 10.4. The summed E-state index contributed by atoms with van der Waals surface area (Å²) >= 11 is 8.95. The summed E-state index contributed by atoms with van der Waals surface area (Å²) in [6.45, 7) is -0.196. The standard InChI is InChI=1S/C11H10BrClN2O5S/c12-8-2-5(13)1-7(11(17)18)10(8)15-4-6(3-9(15)16)21(14,19)20/h1-2,6H,3-4H2,(H,17,18)(H2,14,19,20). The molecule has 0 spiro atoms. The van der Waals surface area contributed by atoms with Crippen LogP contribution in [-0.2, 0) is 14.8 Å². The Labute approximate surface area is 133 Å². The highest BCUT2D eigenvalue weighted by atomic mass is 79.9. The van der Waals surface area contributed by atoms with Gasteiger partial charge in [0.05, 0.1) is 11.3 Å².